The Labute approximate surface area is 132 Å². The number of rotatable bonds is 5. The maximum atomic E-state index is 5.89. The van der Waals surface area contributed by atoms with Gasteiger partial charge in [0.05, 0.1) is 0 Å². The first-order valence-electron chi connectivity index (χ1n) is 7.62. The van der Waals surface area contributed by atoms with Gasteiger partial charge in [-0.05, 0) is 0 Å². The van der Waals surface area contributed by atoms with E-state index in [4.69, 9.17) is 4.74 Å². The van der Waals surface area contributed by atoms with Gasteiger partial charge in [0.25, 0.3) is 0 Å². The van der Waals surface area contributed by atoms with E-state index in [0.29, 0.717) is 25.8 Å². The molecule has 2 aliphatic carbocycles. The molecule has 0 unspecified atom stereocenters. The van der Waals surface area contributed by atoms with Gasteiger partial charge in [-0.2, -0.15) is 0 Å². The molecule has 0 aromatic rings. The molecule has 0 saturated heterocycles. The Bertz CT molecular complexity index is 309. The molecule has 2 saturated carbocycles. The molecular weight excluding hydrogens is 313 g/mol. The standard InChI is InChI=1S/C17H28NOSe/c1-13(18(3)4)14-9-8-10-15(14)20-16-11-6-7-12-17(16,2)19-5/h8-10,13,16H,6-7,11-12H2,1-5H3/t13-,16+,17+/m1/s1. The van der Waals surface area contributed by atoms with Crippen LogP contribution in [-0.4, -0.2) is 52.7 Å². The third-order valence-electron chi connectivity index (χ3n) is 4.84. The average Bonchev–Trinajstić information content (AvgIpc) is 2.88. The molecule has 113 valence electrons. The van der Waals surface area contributed by atoms with E-state index in [1.807, 2.05) is 7.11 Å². The van der Waals surface area contributed by atoms with Crippen LogP contribution in [0.1, 0.15) is 39.5 Å². The summed E-state index contributed by atoms with van der Waals surface area (Å²) in [6.07, 6.45) is 12.1. The Morgan fingerprint density at radius 1 is 1.35 bits per heavy atom. The molecule has 3 heteroatoms. The third kappa shape index (κ3) is 3.61. The fourth-order valence-corrected chi connectivity index (χ4v) is 6.32. The van der Waals surface area contributed by atoms with E-state index in [1.165, 1.54) is 31.6 Å². The first kappa shape index (κ1) is 16.8. The van der Waals surface area contributed by atoms with Crippen molar-refractivity contribution in [1.82, 2.24) is 4.90 Å². The molecule has 0 aromatic heterocycles. The summed E-state index contributed by atoms with van der Waals surface area (Å²) in [6.45, 7) is 4.61. The zero-order valence-corrected chi connectivity index (χ0v) is 15.2. The Morgan fingerprint density at radius 3 is 2.75 bits per heavy atom. The van der Waals surface area contributed by atoms with Crippen LogP contribution in [0.15, 0.2) is 0 Å². The van der Waals surface area contributed by atoms with Crippen molar-refractivity contribution in [2.75, 3.05) is 21.2 Å². The quantitative estimate of drug-likeness (QED) is 0.713. The van der Waals surface area contributed by atoms with E-state index in [2.05, 4.69) is 52.1 Å². The molecule has 0 aromatic carbocycles. The second-order valence-corrected chi connectivity index (χ2v) is 8.97. The molecule has 2 fully saturated rings. The van der Waals surface area contributed by atoms with Gasteiger partial charge in [0.2, 0.25) is 0 Å². The Hall–Kier alpha value is 0.439. The zero-order valence-electron chi connectivity index (χ0n) is 13.5. The van der Waals surface area contributed by atoms with E-state index >= 15 is 0 Å². The van der Waals surface area contributed by atoms with Gasteiger partial charge >= 0.3 is 132 Å². The van der Waals surface area contributed by atoms with Crippen LogP contribution in [0.3, 0.4) is 0 Å². The van der Waals surface area contributed by atoms with Gasteiger partial charge in [-0.1, -0.05) is 0 Å². The van der Waals surface area contributed by atoms with Gasteiger partial charge in [-0.25, -0.2) is 0 Å². The van der Waals surface area contributed by atoms with Crippen molar-refractivity contribution in [3.63, 3.8) is 0 Å². The Balaban J connectivity index is 2.00. The van der Waals surface area contributed by atoms with Crippen molar-refractivity contribution in [3.8, 4) is 0 Å². The van der Waals surface area contributed by atoms with Crippen LogP contribution >= 0.6 is 0 Å². The number of methoxy groups -OCH3 is 1. The minimum atomic E-state index is 0.0914. The molecule has 2 aliphatic rings. The van der Waals surface area contributed by atoms with E-state index in [0.717, 1.165) is 0 Å². The minimum absolute atomic E-state index is 0.0914. The van der Waals surface area contributed by atoms with Crippen molar-refractivity contribution in [2.24, 2.45) is 0 Å². The first-order valence-corrected chi connectivity index (χ1v) is 9.46. The molecule has 5 radical (unpaired) electrons. The summed E-state index contributed by atoms with van der Waals surface area (Å²) in [6, 6.07) is 0.499. The summed E-state index contributed by atoms with van der Waals surface area (Å²) in [7, 11) is 6.21. The monoisotopic (exact) mass is 342 g/mol. The van der Waals surface area contributed by atoms with Gasteiger partial charge < -0.3 is 0 Å². The molecule has 2 nitrogen and oxygen atoms in total. The summed E-state index contributed by atoms with van der Waals surface area (Å²) in [4.78, 5) is 4.59. The van der Waals surface area contributed by atoms with Crippen molar-refractivity contribution in [2.45, 2.75) is 56.0 Å². The normalized spacial score (nSPS) is 34.8. The molecule has 2 rings (SSSR count). The van der Waals surface area contributed by atoms with Crippen LogP contribution in [0.4, 0.5) is 0 Å². The summed E-state index contributed by atoms with van der Waals surface area (Å²) in [5.74, 6) is 1.51. The molecule has 0 N–H and O–H groups in total. The van der Waals surface area contributed by atoms with E-state index < -0.39 is 0 Å². The van der Waals surface area contributed by atoms with Crippen molar-refractivity contribution >= 4 is 15.0 Å². The molecule has 0 amide bonds. The molecule has 20 heavy (non-hydrogen) atoms. The van der Waals surface area contributed by atoms with Crippen LogP contribution in [0.2, 0.25) is 4.82 Å². The van der Waals surface area contributed by atoms with Gasteiger partial charge in [0.15, 0.2) is 0 Å². The summed E-state index contributed by atoms with van der Waals surface area (Å²) < 4.78 is 5.89. The van der Waals surface area contributed by atoms with E-state index in [1.54, 1.807) is 4.82 Å². The second-order valence-electron chi connectivity index (χ2n) is 6.35. The zero-order chi connectivity index (χ0) is 14.8. The first-order chi connectivity index (χ1) is 9.48. The van der Waals surface area contributed by atoms with Crippen LogP contribution in [0, 0.1) is 30.0 Å². The molecule has 3 atom stereocenters. The van der Waals surface area contributed by atoms with Crippen LogP contribution < -0.4 is 0 Å². The fraction of sp³-hybridized carbons (Fsp3) is 0.706. The van der Waals surface area contributed by atoms with E-state index in [9.17, 15) is 0 Å². The summed E-state index contributed by atoms with van der Waals surface area (Å²) >= 11 is 0.508. The second kappa shape index (κ2) is 7.13. The van der Waals surface area contributed by atoms with Gasteiger partial charge in [0.1, 0.15) is 0 Å². The number of hydrogen-bond acceptors (Lipinski definition) is 2. The summed E-state index contributed by atoms with van der Waals surface area (Å²) in [5.41, 5.74) is 0.0914. The maximum absolute atomic E-state index is 5.89. The van der Waals surface area contributed by atoms with Crippen molar-refractivity contribution < 1.29 is 4.74 Å². The Kier molecular flexibility index (Phi) is 5.99. The van der Waals surface area contributed by atoms with Crippen molar-refractivity contribution in [3.05, 3.63) is 30.0 Å². The van der Waals surface area contributed by atoms with E-state index in [-0.39, 0.29) is 5.60 Å². The van der Waals surface area contributed by atoms with Crippen LogP contribution in [0.25, 0.3) is 0 Å². The molecule has 0 bridgehead atoms. The van der Waals surface area contributed by atoms with Gasteiger partial charge in [-0.15, -0.1) is 0 Å². The SMILES string of the molecule is CO[C@@]1(C)CCCC[C@@H]1[Se][C]1[CH][CH][CH][C]1[C@@H](C)N(C)C. The number of nitrogens with zero attached hydrogens (tertiary/aromatic N) is 1. The van der Waals surface area contributed by atoms with Crippen LogP contribution in [-0.2, 0) is 4.74 Å². The fourth-order valence-electron chi connectivity index (χ4n) is 2.99. The van der Waals surface area contributed by atoms with Crippen molar-refractivity contribution in [1.29, 1.82) is 0 Å². The average molecular weight is 341 g/mol. The third-order valence-corrected chi connectivity index (χ3v) is 8.29. The number of hydrogen-bond donors (Lipinski definition) is 0. The molecule has 0 heterocycles. The Morgan fingerprint density at radius 2 is 2.10 bits per heavy atom. The van der Waals surface area contributed by atoms with Crippen LogP contribution in [0.5, 0.6) is 0 Å². The molecule has 0 spiro atoms. The predicted octanol–water partition coefficient (Wildman–Crippen LogP) is 3.14. The van der Waals surface area contributed by atoms with Gasteiger partial charge in [0, 0.05) is 0 Å². The number of ether oxygens (including phenoxy) is 1. The molecular formula is C17H28NOSe. The summed E-state index contributed by atoms with van der Waals surface area (Å²) in [5, 5.41) is 0. The predicted molar refractivity (Wildman–Crippen MR) is 85.9 cm³/mol. The van der Waals surface area contributed by atoms with Gasteiger partial charge in [-0.3, -0.25) is 0 Å². The topological polar surface area (TPSA) is 12.5 Å². The molecule has 0 aliphatic heterocycles.